The molecule has 0 fully saturated rings. The van der Waals surface area contributed by atoms with Crippen LogP contribution in [0.4, 0.5) is 0 Å². The van der Waals surface area contributed by atoms with Gasteiger partial charge in [-0.3, -0.25) is 0 Å². The van der Waals surface area contributed by atoms with E-state index < -0.39 is 10.4 Å². The molecule has 148 heavy (non-hydrogen) atoms. The highest BCUT2D eigenvalue weighted by Crippen LogP contribution is 2.08. The Morgan fingerprint density at radius 3 is 0.155 bits per heavy atom. The molecule has 0 heterocycles. The lowest BCUT2D eigenvalue weighted by atomic mass is 14.0. The fourth-order valence-electron chi connectivity index (χ4n) is 1.66. The van der Waals surface area contributed by atoms with Gasteiger partial charge in [0.25, 0.3) is 0 Å². The quantitative estimate of drug-likeness (QED) is 0.0324. The van der Waals surface area contributed by atoms with Gasteiger partial charge in [-0.05, 0) is 170 Å². The first-order chi connectivity index (χ1) is 73.6. The molecule has 0 atom stereocenters. The van der Waals surface area contributed by atoms with Crippen LogP contribution in [0.5, 0.6) is 0 Å². The van der Waals surface area contributed by atoms with Crippen LogP contribution in [0.25, 0.3) is 0 Å². The van der Waals surface area contributed by atoms with E-state index in [0.717, 1.165) is 0 Å². The Balaban J connectivity index is 3.18. The largest absolute Gasteiger partial charge is 0.457 e. The van der Waals surface area contributed by atoms with Gasteiger partial charge in [0.2, 0.25) is 0 Å². The van der Waals surface area contributed by atoms with Gasteiger partial charge in [-0.1, -0.05) is 0 Å². The predicted octanol–water partition coefficient (Wildman–Crippen LogP) is -10.4. The lowest BCUT2D eigenvalue weighted by molar-refractivity contribution is -0.912. The third-order valence-corrected chi connectivity index (χ3v) is 4.53. The van der Waals surface area contributed by atoms with Crippen molar-refractivity contribution in [2.24, 2.45) is 0 Å². The van der Waals surface area contributed by atoms with Gasteiger partial charge in [0, 0.05) is 549 Å². The minimum Gasteiger partial charge on any atom is -0.219 e. The summed E-state index contributed by atoms with van der Waals surface area (Å²) in [5.74, 6) is 0. The Morgan fingerprint density at radius 1 is 0.0676 bits per heavy atom. The highest BCUT2D eigenvalue weighted by Gasteiger charge is 2.20. The van der Waals surface area contributed by atoms with Crippen LogP contribution in [0, 0.1) is 0 Å². The molecule has 148 heteroatoms. The first-order valence-corrected chi connectivity index (χ1v) is 25.9. The topological polar surface area (TPSA) is 1390 Å². The molecule has 0 aromatic rings. The van der Waals surface area contributed by atoms with Crippen LogP contribution in [0.1, 0.15) is 0 Å². The fraction of sp³-hybridized carbons (Fsp3) is 0. The van der Waals surface area contributed by atoms with E-state index in [9.17, 15) is 8.42 Å². The molecule has 0 unspecified atom stereocenters. The van der Waals surface area contributed by atoms with Crippen molar-refractivity contribution in [3.8, 4) is 0 Å². The van der Waals surface area contributed by atoms with Crippen molar-refractivity contribution in [3.63, 3.8) is 0 Å². The summed E-state index contributed by atoms with van der Waals surface area (Å²) in [6.07, 6.45) is 0. The Labute approximate surface area is 750 Å². The first-order valence-electron chi connectivity index (χ1n) is 24.5. The molecule has 890 valence electrons. The van der Waals surface area contributed by atoms with Gasteiger partial charge in [-0.15, -0.1) is 0 Å². The van der Waals surface area contributed by atoms with Crippen LogP contribution in [-0.2, 0) is 729 Å². The summed E-state index contributed by atoms with van der Waals surface area (Å²) < 4.78 is 29.1. The number of hydrogen-bond donors (Lipinski definition) is 2. The molecule has 0 saturated carbocycles. The summed E-state index contributed by atoms with van der Waals surface area (Å²) >= 11 is 0. The van der Waals surface area contributed by atoms with Crippen molar-refractivity contribution in [2.75, 3.05) is 0 Å². The summed E-state index contributed by atoms with van der Waals surface area (Å²) in [7, 11) is -5.39. The second-order valence-electron chi connectivity index (χ2n) is 10.2. The third-order valence-electron chi connectivity index (χ3n) is 4.09. The summed E-state index contributed by atoms with van der Waals surface area (Å²) in [5, 5.41) is 504. The maximum atomic E-state index is 11.2. The highest BCUT2D eigenvalue weighted by molar-refractivity contribution is 7.81. The van der Waals surface area contributed by atoms with Gasteiger partial charge in [-0.2, -0.15) is 8.42 Å². The maximum Gasteiger partial charge on any atom is 0.457 e. The summed E-state index contributed by atoms with van der Waals surface area (Å²) in [6, 6.07) is 0. The van der Waals surface area contributed by atoms with Crippen molar-refractivity contribution in [1.82, 2.24) is 0 Å². The Bertz CT molecular complexity index is 2240. The monoisotopic (exact) mass is 2390 g/mol. The van der Waals surface area contributed by atoms with Gasteiger partial charge in [0.1, 0.15) is 0 Å². The van der Waals surface area contributed by atoms with Gasteiger partial charge in [0.05, 0.1) is 0 Å². The molecule has 147 nitrogen and oxygen atoms in total. The van der Waals surface area contributed by atoms with E-state index in [1.807, 2.05) is 0 Å². The molecule has 0 aliphatic heterocycles. The van der Waals surface area contributed by atoms with Crippen LogP contribution in [0.15, 0.2) is 0 Å². The van der Waals surface area contributed by atoms with Crippen molar-refractivity contribution < 1.29 is 738 Å². The SMILES string of the molecule is O=S(=O)(OOOOOOOOOOOOOOOOOOOOOOOOOOOOOOOOOOOOOOOOOOOOOOOOOOOOOOOOOOOOOOOOOOOOOOOO)OOOOOOOOOOOOOOOOOOOOOOOOOOOOOOOOOOOOOOOOOOOOOOOOOOOOOOOOOOOOOOOOOOOOOOOOO. The van der Waals surface area contributed by atoms with Crippen LogP contribution in [0.3, 0.4) is 0 Å². The number of hydrogen-bond acceptors (Lipinski definition) is 147. The lowest BCUT2D eigenvalue weighted by Crippen LogP contribution is -2.13. The van der Waals surface area contributed by atoms with Crippen molar-refractivity contribution in [1.29, 1.82) is 0 Å². The molecular formula is H2O147S. The second-order valence-corrected chi connectivity index (χ2v) is 11.2. The van der Waals surface area contributed by atoms with E-state index in [-0.39, 0.29) is 0 Å². The fourth-order valence-corrected chi connectivity index (χ4v) is 1.86. The molecule has 0 amide bonds. The molecular weight excluding hydrogens is 2380 g/mol. The van der Waals surface area contributed by atoms with Crippen molar-refractivity contribution in [2.45, 2.75) is 0 Å². The van der Waals surface area contributed by atoms with Crippen LogP contribution < -0.4 is 0 Å². The van der Waals surface area contributed by atoms with Crippen LogP contribution in [0.2, 0.25) is 0 Å². The van der Waals surface area contributed by atoms with E-state index in [2.05, 4.69) is 719 Å². The first kappa shape index (κ1) is 142. The van der Waals surface area contributed by atoms with Gasteiger partial charge in [0.15, 0.2) is 0 Å². The molecule has 0 radical (unpaired) electrons. The third kappa shape index (κ3) is 136. The molecule has 0 rings (SSSR count). The Hall–Kier alpha value is -5.85. The van der Waals surface area contributed by atoms with Crippen molar-refractivity contribution in [3.05, 3.63) is 0 Å². The van der Waals surface area contributed by atoms with Gasteiger partial charge in [-0.25, -0.2) is 10.5 Å². The molecule has 0 aliphatic rings. The summed E-state index contributed by atoms with van der Waals surface area (Å²) in [4.78, 5) is 0. The zero-order valence-electron chi connectivity index (χ0n) is 60.5. The molecule has 0 aliphatic carbocycles. The second kappa shape index (κ2) is 135. The zero-order chi connectivity index (χ0) is 106. The molecule has 0 aromatic heterocycles. The molecule has 2 N–H and O–H groups in total. The number of rotatable bonds is 143. The summed E-state index contributed by atoms with van der Waals surface area (Å²) in [6.45, 7) is 0. The minimum absolute atomic E-state index is 2.87. The standard InChI is InChI=1S/H2O147S/c1-5-7-9-11-13-15-17-19-21-23-25-27-29-31-33-35-37-39-41-43-45-47-49-51-53-55-57-59-61-63-65-67-69-71-73-75-77-79-81-83-85-87-89-91-93-95-97-99-101-103-105-107-109-111-113-115-117-119-121-123-125-127-129-131-133-135-137-139-141-143-145-147-148(3,4)146-144-142-140-138-136-134-132-130-128-126-124-122-120-118-116-114-112-110-108-106-104-102-100-98-96-94-92-90-88-86-84-82-80-78-76-74-72-70-68-66-64-62-60-58-56-54-52-50-48-46-44-42-40-38-36-34-32-30-28-26-24-22-20-18-16-14-12-10-8-6-2/h1-2H. The normalized spacial score (nSPS) is 12.0. The van der Waals surface area contributed by atoms with E-state index in [1.54, 1.807) is 0 Å². The van der Waals surface area contributed by atoms with E-state index in [0.29, 0.717) is 0 Å². The van der Waals surface area contributed by atoms with E-state index >= 15 is 0 Å². The van der Waals surface area contributed by atoms with E-state index in [4.69, 9.17) is 10.5 Å². The Kier molecular flexibility index (Phi) is 130. The van der Waals surface area contributed by atoms with Crippen molar-refractivity contribution >= 4 is 10.4 Å². The zero-order valence-corrected chi connectivity index (χ0v) is 61.3. The van der Waals surface area contributed by atoms with Gasteiger partial charge < -0.3 is 0 Å². The van der Waals surface area contributed by atoms with Crippen LogP contribution >= 0.6 is 0 Å². The molecule has 0 spiro atoms. The predicted molar refractivity (Wildman–Crippen MR) is 169 cm³/mol. The average molecular weight is 2390 g/mol. The smallest absolute Gasteiger partial charge is 0.219 e. The van der Waals surface area contributed by atoms with Gasteiger partial charge >= 0.3 is 10.4 Å². The van der Waals surface area contributed by atoms with E-state index in [1.165, 1.54) is 0 Å². The average Bonchev–Trinajstić information content (AvgIpc) is 0.937. The lowest BCUT2D eigenvalue weighted by Gasteiger charge is -2.01. The molecule has 0 saturated heterocycles. The maximum absolute atomic E-state index is 11.2. The molecule has 0 aromatic carbocycles. The Morgan fingerprint density at radius 2 is 0.108 bits per heavy atom. The van der Waals surface area contributed by atoms with Crippen LogP contribution in [-0.4, -0.2) is 18.9 Å². The minimum atomic E-state index is -5.39. The summed E-state index contributed by atoms with van der Waals surface area (Å²) in [5.41, 5.74) is 0. The highest BCUT2D eigenvalue weighted by atomic mass is 32.3. The molecule has 0 bridgehead atoms.